The number of nitrogens with zero attached hydrogens (tertiary/aromatic N) is 3. The van der Waals surface area contributed by atoms with Crippen molar-refractivity contribution in [3.05, 3.63) is 80.8 Å². The van der Waals surface area contributed by atoms with E-state index in [0.29, 0.717) is 47.0 Å². The van der Waals surface area contributed by atoms with E-state index in [4.69, 9.17) is 28.4 Å². The van der Waals surface area contributed by atoms with E-state index in [0.717, 1.165) is 29.9 Å². The number of hydrogen-bond acceptors (Lipinski definition) is 5. The molecule has 1 amide bonds. The van der Waals surface area contributed by atoms with Gasteiger partial charge in [-0.1, -0.05) is 52.6 Å². The fraction of sp³-hybridized carbons (Fsp3) is 0.296. The molecule has 0 spiro atoms. The quantitative estimate of drug-likeness (QED) is 0.340. The predicted molar refractivity (Wildman–Crippen MR) is 140 cm³/mol. The van der Waals surface area contributed by atoms with Crippen molar-refractivity contribution in [1.82, 2.24) is 9.80 Å². The van der Waals surface area contributed by atoms with Crippen LogP contribution in [0.15, 0.2) is 64.8 Å². The first-order valence-corrected chi connectivity index (χ1v) is 12.3. The van der Waals surface area contributed by atoms with Gasteiger partial charge in [-0.25, -0.2) is 0 Å². The Balaban J connectivity index is 1.52. The Kier molecular flexibility index (Phi) is 8.39. The van der Waals surface area contributed by atoms with Gasteiger partial charge in [-0.2, -0.15) is 0 Å². The number of oxime groups is 1. The van der Waals surface area contributed by atoms with Gasteiger partial charge in [0.15, 0.2) is 5.78 Å². The van der Waals surface area contributed by atoms with Gasteiger partial charge in [-0.05, 0) is 47.5 Å². The van der Waals surface area contributed by atoms with Crippen molar-refractivity contribution >= 4 is 52.8 Å². The highest BCUT2D eigenvalue weighted by Crippen LogP contribution is 2.24. The Morgan fingerprint density at radius 2 is 1.37 bits per heavy atom. The molecule has 2 aromatic carbocycles. The van der Waals surface area contributed by atoms with Crippen LogP contribution in [0.2, 0.25) is 10.0 Å². The molecule has 0 radical (unpaired) electrons. The van der Waals surface area contributed by atoms with E-state index in [1.54, 1.807) is 29.2 Å². The Hall–Kier alpha value is -2.93. The van der Waals surface area contributed by atoms with Crippen LogP contribution >= 0.6 is 23.2 Å². The zero-order valence-electron chi connectivity index (χ0n) is 19.3. The van der Waals surface area contributed by atoms with Crippen molar-refractivity contribution in [2.75, 3.05) is 32.7 Å². The number of benzene rings is 2. The minimum Gasteiger partial charge on any atom is -0.411 e. The lowest BCUT2D eigenvalue weighted by Gasteiger charge is -2.32. The summed E-state index contributed by atoms with van der Waals surface area (Å²) in [6.45, 7) is 2.71. The van der Waals surface area contributed by atoms with E-state index in [9.17, 15) is 9.59 Å². The summed E-state index contributed by atoms with van der Waals surface area (Å²) in [5.74, 6) is -0.0612. The van der Waals surface area contributed by atoms with Crippen molar-refractivity contribution in [1.29, 1.82) is 0 Å². The number of Topliss-reactive ketones (excluding diaryl/α,β-unsaturated/α-hetero) is 1. The molecule has 182 valence electrons. The molecule has 2 saturated heterocycles. The number of hydrogen-bond donors (Lipinski definition) is 1. The lowest BCUT2D eigenvalue weighted by Crippen LogP contribution is -2.43. The first-order valence-electron chi connectivity index (χ1n) is 11.6. The van der Waals surface area contributed by atoms with Crippen LogP contribution in [0, 0.1) is 0 Å². The molecule has 0 bridgehead atoms. The number of halogens is 2. The zero-order chi connectivity index (χ0) is 24.8. The molecule has 0 aromatic heterocycles. The maximum absolute atomic E-state index is 13.3. The molecular formula is C27H27Cl2N3O3. The van der Waals surface area contributed by atoms with Gasteiger partial charge in [-0.15, -0.1) is 0 Å². The number of carbonyl (C=O) groups excluding carboxylic acids is 2. The second kappa shape index (κ2) is 11.7. The molecule has 8 heteroatoms. The number of likely N-dealkylation sites (tertiary alicyclic amines) is 2. The third kappa shape index (κ3) is 6.82. The summed E-state index contributed by atoms with van der Waals surface area (Å²) in [6.07, 6.45) is 5.44. The third-order valence-electron chi connectivity index (χ3n) is 6.30. The zero-order valence-corrected chi connectivity index (χ0v) is 20.8. The van der Waals surface area contributed by atoms with Crippen LogP contribution in [0.5, 0.6) is 0 Å². The molecule has 1 N–H and O–H groups in total. The van der Waals surface area contributed by atoms with Crippen LogP contribution < -0.4 is 0 Å². The minimum atomic E-state index is -0.0641. The van der Waals surface area contributed by atoms with Gasteiger partial charge in [0, 0.05) is 73.2 Å². The maximum Gasteiger partial charge on any atom is 0.224 e. The average molecular weight is 512 g/mol. The SMILES string of the molecule is O=C1/C(=C/c2ccc(Cl)cc2)CN(C(=O)CCN2CCC(=NO)CC2)C/C1=C\c1ccc(Cl)cc1. The lowest BCUT2D eigenvalue weighted by molar-refractivity contribution is -0.131. The molecule has 0 atom stereocenters. The van der Waals surface area contributed by atoms with E-state index in [1.165, 1.54) is 0 Å². The number of carbonyl (C=O) groups is 2. The summed E-state index contributed by atoms with van der Waals surface area (Å²) < 4.78 is 0. The summed E-state index contributed by atoms with van der Waals surface area (Å²) >= 11 is 12.0. The number of amides is 1. The van der Waals surface area contributed by atoms with Crippen LogP contribution in [0.1, 0.15) is 30.4 Å². The molecule has 0 saturated carbocycles. The first kappa shape index (κ1) is 25.2. The van der Waals surface area contributed by atoms with Crippen molar-refractivity contribution in [3.63, 3.8) is 0 Å². The molecule has 6 nitrogen and oxygen atoms in total. The Morgan fingerprint density at radius 3 is 1.83 bits per heavy atom. The van der Waals surface area contributed by atoms with Crippen LogP contribution in [-0.4, -0.2) is 65.1 Å². The van der Waals surface area contributed by atoms with Crippen LogP contribution in [-0.2, 0) is 9.59 Å². The highest BCUT2D eigenvalue weighted by Gasteiger charge is 2.29. The third-order valence-corrected chi connectivity index (χ3v) is 6.80. The summed E-state index contributed by atoms with van der Waals surface area (Å²) in [4.78, 5) is 30.5. The molecule has 35 heavy (non-hydrogen) atoms. The monoisotopic (exact) mass is 511 g/mol. The number of piperidine rings is 2. The standard InChI is InChI=1S/C27H27Cl2N3O3/c28-23-5-1-19(2-6-23)15-21-17-32(26(33)11-14-31-12-9-25(30-35)10-13-31)18-22(27(21)34)16-20-3-7-24(29)8-4-20/h1-8,15-16,35H,9-14,17-18H2/b21-15+,22-16+. The van der Waals surface area contributed by atoms with Gasteiger partial charge in [0.05, 0.1) is 5.71 Å². The van der Waals surface area contributed by atoms with Crippen LogP contribution in [0.4, 0.5) is 0 Å². The highest BCUT2D eigenvalue weighted by molar-refractivity contribution is 6.30. The van der Waals surface area contributed by atoms with E-state index in [1.807, 2.05) is 36.4 Å². The molecule has 2 aromatic rings. The summed E-state index contributed by atoms with van der Waals surface area (Å²) in [5, 5.41) is 13.5. The molecule has 2 fully saturated rings. The van der Waals surface area contributed by atoms with Crippen molar-refractivity contribution in [3.8, 4) is 0 Å². The fourth-order valence-electron chi connectivity index (χ4n) is 4.28. The minimum absolute atomic E-state index is 0.00290. The first-order chi connectivity index (χ1) is 16.9. The van der Waals surface area contributed by atoms with Gasteiger partial charge in [0.2, 0.25) is 5.91 Å². The molecule has 2 aliphatic heterocycles. The molecule has 4 rings (SSSR count). The summed E-state index contributed by atoms with van der Waals surface area (Å²) in [7, 11) is 0. The largest absolute Gasteiger partial charge is 0.411 e. The molecule has 0 aliphatic carbocycles. The lowest BCUT2D eigenvalue weighted by atomic mass is 9.94. The second-order valence-corrected chi connectivity index (χ2v) is 9.65. The van der Waals surface area contributed by atoms with Crippen LogP contribution in [0.3, 0.4) is 0 Å². The van der Waals surface area contributed by atoms with Crippen molar-refractivity contribution in [2.24, 2.45) is 5.16 Å². The highest BCUT2D eigenvalue weighted by atomic mass is 35.5. The van der Waals surface area contributed by atoms with Gasteiger partial charge in [0.25, 0.3) is 0 Å². The molecule has 0 unspecified atom stereocenters. The Labute approximate surface area is 215 Å². The van der Waals surface area contributed by atoms with E-state index in [-0.39, 0.29) is 24.8 Å². The van der Waals surface area contributed by atoms with E-state index in [2.05, 4.69) is 10.1 Å². The molecular weight excluding hydrogens is 485 g/mol. The molecule has 2 aliphatic rings. The smallest absolute Gasteiger partial charge is 0.224 e. The van der Waals surface area contributed by atoms with Gasteiger partial charge >= 0.3 is 0 Å². The summed E-state index contributed by atoms with van der Waals surface area (Å²) in [5.41, 5.74) is 3.64. The fourth-order valence-corrected chi connectivity index (χ4v) is 4.53. The van der Waals surface area contributed by atoms with Gasteiger partial charge in [-0.3, -0.25) is 9.59 Å². The van der Waals surface area contributed by atoms with Gasteiger partial charge in [0.1, 0.15) is 0 Å². The van der Waals surface area contributed by atoms with Crippen molar-refractivity contribution in [2.45, 2.75) is 19.3 Å². The normalized spacial score (nSPS) is 19.4. The summed E-state index contributed by atoms with van der Waals surface area (Å²) in [6, 6.07) is 14.5. The number of rotatable bonds is 5. The Bertz CT molecular complexity index is 1090. The van der Waals surface area contributed by atoms with E-state index < -0.39 is 0 Å². The maximum atomic E-state index is 13.3. The van der Waals surface area contributed by atoms with Gasteiger partial charge < -0.3 is 15.0 Å². The van der Waals surface area contributed by atoms with E-state index >= 15 is 0 Å². The second-order valence-electron chi connectivity index (χ2n) is 8.78. The number of ketones is 1. The van der Waals surface area contributed by atoms with Crippen molar-refractivity contribution < 1.29 is 14.8 Å². The predicted octanol–water partition coefficient (Wildman–Crippen LogP) is 5.19. The van der Waals surface area contributed by atoms with Crippen LogP contribution in [0.25, 0.3) is 12.2 Å². The topological polar surface area (TPSA) is 73.2 Å². The average Bonchev–Trinajstić information content (AvgIpc) is 2.87. The molecule has 2 heterocycles. The Morgan fingerprint density at radius 1 is 0.886 bits per heavy atom.